The molecule has 0 fully saturated rings. The van der Waals surface area contributed by atoms with Crippen LogP contribution in [-0.2, 0) is 21.4 Å². The van der Waals surface area contributed by atoms with Gasteiger partial charge in [0.05, 0.1) is 31.7 Å². The van der Waals surface area contributed by atoms with Gasteiger partial charge in [-0.05, 0) is 49.2 Å². The van der Waals surface area contributed by atoms with Crippen LogP contribution in [0.15, 0.2) is 77.7 Å². The summed E-state index contributed by atoms with van der Waals surface area (Å²) in [7, 11) is -0.862. The predicted octanol–water partition coefficient (Wildman–Crippen LogP) is 4.08. The molecule has 0 aromatic heterocycles. The van der Waals surface area contributed by atoms with Crippen LogP contribution in [0.4, 0.5) is 0 Å². The summed E-state index contributed by atoms with van der Waals surface area (Å²) in [5, 5.41) is 2.90. The Hall–Kier alpha value is -3.36. The van der Waals surface area contributed by atoms with E-state index in [4.69, 9.17) is 9.47 Å². The second-order valence-electron chi connectivity index (χ2n) is 7.92. The number of nitrogens with one attached hydrogen (secondary N) is 1. The van der Waals surface area contributed by atoms with Gasteiger partial charge in [0.15, 0.2) is 0 Å². The maximum atomic E-state index is 13.6. The molecule has 0 aliphatic carbocycles. The topological polar surface area (TPSA) is 84.9 Å². The highest BCUT2D eigenvalue weighted by atomic mass is 32.2. The molecule has 0 unspecified atom stereocenters. The van der Waals surface area contributed by atoms with E-state index in [1.165, 1.54) is 17.5 Å². The molecule has 0 spiro atoms. The third kappa shape index (κ3) is 5.95. The maximum absolute atomic E-state index is 13.6. The summed E-state index contributed by atoms with van der Waals surface area (Å²) in [6.45, 7) is 3.34. The Labute approximate surface area is 201 Å². The van der Waals surface area contributed by atoms with E-state index in [0.717, 1.165) is 11.1 Å². The molecule has 0 saturated heterocycles. The van der Waals surface area contributed by atoms with Crippen molar-refractivity contribution in [2.24, 2.45) is 0 Å². The Kier molecular flexibility index (Phi) is 8.31. The summed E-state index contributed by atoms with van der Waals surface area (Å²) < 4.78 is 39.0. The van der Waals surface area contributed by atoms with E-state index in [1.807, 2.05) is 61.5 Å². The number of amides is 1. The number of benzene rings is 3. The molecule has 1 amide bonds. The van der Waals surface area contributed by atoms with Crippen molar-refractivity contribution in [3.8, 4) is 11.5 Å². The van der Waals surface area contributed by atoms with Gasteiger partial charge in [0.2, 0.25) is 15.9 Å². The number of sulfonamides is 1. The summed E-state index contributed by atoms with van der Waals surface area (Å²) in [5.74, 6) is 0.831. The van der Waals surface area contributed by atoms with Gasteiger partial charge in [-0.3, -0.25) is 4.79 Å². The smallest absolute Gasteiger partial charge is 0.243 e. The second-order valence-corrected chi connectivity index (χ2v) is 9.86. The first-order valence-corrected chi connectivity index (χ1v) is 12.3. The molecular formula is C26H30N2O5S. The van der Waals surface area contributed by atoms with E-state index in [0.29, 0.717) is 17.1 Å². The molecule has 180 valence electrons. The SMILES string of the molecule is COc1ccc(S(=O)(=O)N(CC(=O)N[C@H](C)c2ccccc2OC)Cc2ccccc2)cc1C. The fraction of sp³-hybridized carbons (Fsp3) is 0.269. The van der Waals surface area contributed by atoms with Crippen molar-refractivity contribution < 1.29 is 22.7 Å². The highest BCUT2D eigenvalue weighted by Crippen LogP contribution is 2.26. The van der Waals surface area contributed by atoms with Gasteiger partial charge in [-0.25, -0.2) is 8.42 Å². The molecule has 0 aliphatic rings. The molecule has 34 heavy (non-hydrogen) atoms. The normalized spacial score (nSPS) is 12.3. The van der Waals surface area contributed by atoms with Crippen LogP contribution < -0.4 is 14.8 Å². The number of hydrogen-bond acceptors (Lipinski definition) is 5. The fourth-order valence-electron chi connectivity index (χ4n) is 3.72. The Balaban J connectivity index is 1.87. The van der Waals surface area contributed by atoms with E-state index < -0.39 is 15.9 Å². The molecule has 0 bridgehead atoms. The van der Waals surface area contributed by atoms with Crippen LogP contribution in [0.3, 0.4) is 0 Å². The summed E-state index contributed by atoms with van der Waals surface area (Å²) in [6, 6.07) is 20.9. The Bertz CT molecular complexity index is 1230. The van der Waals surface area contributed by atoms with Crippen LogP contribution in [0.5, 0.6) is 11.5 Å². The van der Waals surface area contributed by atoms with Gasteiger partial charge in [0.25, 0.3) is 0 Å². The molecule has 3 aromatic rings. The van der Waals surface area contributed by atoms with Gasteiger partial charge in [0, 0.05) is 12.1 Å². The molecule has 1 atom stereocenters. The van der Waals surface area contributed by atoms with Crippen LogP contribution in [0, 0.1) is 6.92 Å². The van der Waals surface area contributed by atoms with Gasteiger partial charge in [0.1, 0.15) is 11.5 Å². The first kappa shape index (κ1) is 25.3. The number of ether oxygens (including phenoxy) is 2. The number of aryl methyl sites for hydroxylation is 1. The van der Waals surface area contributed by atoms with Gasteiger partial charge in [-0.15, -0.1) is 0 Å². The molecule has 3 aromatic carbocycles. The average Bonchev–Trinajstić information content (AvgIpc) is 2.84. The van der Waals surface area contributed by atoms with E-state index in [1.54, 1.807) is 26.2 Å². The van der Waals surface area contributed by atoms with E-state index >= 15 is 0 Å². The van der Waals surface area contributed by atoms with Crippen molar-refractivity contribution in [2.75, 3.05) is 20.8 Å². The van der Waals surface area contributed by atoms with Crippen LogP contribution in [0.1, 0.15) is 29.7 Å². The van der Waals surface area contributed by atoms with E-state index in [9.17, 15) is 13.2 Å². The molecule has 0 radical (unpaired) electrons. The quantitative estimate of drug-likeness (QED) is 0.471. The minimum Gasteiger partial charge on any atom is -0.496 e. The zero-order valence-electron chi connectivity index (χ0n) is 19.8. The van der Waals surface area contributed by atoms with Crippen LogP contribution in [0.25, 0.3) is 0 Å². The minimum absolute atomic E-state index is 0.0602. The zero-order chi connectivity index (χ0) is 24.7. The number of nitrogens with zero attached hydrogens (tertiary/aromatic N) is 1. The first-order chi connectivity index (χ1) is 16.3. The number of hydrogen-bond donors (Lipinski definition) is 1. The summed E-state index contributed by atoms with van der Waals surface area (Å²) >= 11 is 0. The van der Waals surface area contributed by atoms with Crippen molar-refractivity contribution in [1.82, 2.24) is 9.62 Å². The number of rotatable bonds is 10. The summed E-state index contributed by atoms with van der Waals surface area (Å²) in [4.78, 5) is 13.1. The van der Waals surface area contributed by atoms with Crippen LogP contribution >= 0.6 is 0 Å². The number of carbonyl (C=O) groups is 1. The summed E-state index contributed by atoms with van der Waals surface area (Å²) in [5.41, 5.74) is 2.28. The summed E-state index contributed by atoms with van der Waals surface area (Å²) in [6.07, 6.45) is 0. The maximum Gasteiger partial charge on any atom is 0.243 e. The van der Waals surface area contributed by atoms with Crippen molar-refractivity contribution in [1.29, 1.82) is 0 Å². The lowest BCUT2D eigenvalue weighted by molar-refractivity contribution is -0.122. The first-order valence-electron chi connectivity index (χ1n) is 10.9. The molecule has 0 heterocycles. The number of para-hydroxylation sites is 1. The van der Waals surface area contributed by atoms with Crippen LogP contribution in [0.2, 0.25) is 0 Å². The number of methoxy groups -OCH3 is 2. The van der Waals surface area contributed by atoms with E-state index in [-0.39, 0.29) is 24.0 Å². The largest absolute Gasteiger partial charge is 0.496 e. The average molecular weight is 483 g/mol. The highest BCUT2D eigenvalue weighted by molar-refractivity contribution is 7.89. The van der Waals surface area contributed by atoms with E-state index in [2.05, 4.69) is 5.32 Å². The van der Waals surface area contributed by atoms with Gasteiger partial charge < -0.3 is 14.8 Å². The second kappa shape index (κ2) is 11.2. The van der Waals surface area contributed by atoms with Crippen molar-refractivity contribution in [3.63, 3.8) is 0 Å². The molecule has 8 heteroatoms. The van der Waals surface area contributed by atoms with Crippen LogP contribution in [-0.4, -0.2) is 39.4 Å². The molecule has 3 rings (SSSR count). The van der Waals surface area contributed by atoms with Crippen molar-refractivity contribution in [3.05, 3.63) is 89.5 Å². The highest BCUT2D eigenvalue weighted by Gasteiger charge is 2.28. The molecule has 7 nitrogen and oxygen atoms in total. The zero-order valence-corrected chi connectivity index (χ0v) is 20.6. The molecule has 1 N–H and O–H groups in total. The van der Waals surface area contributed by atoms with Gasteiger partial charge in [-0.2, -0.15) is 4.31 Å². The molecule has 0 saturated carbocycles. The third-order valence-corrected chi connectivity index (χ3v) is 7.30. The van der Waals surface area contributed by atoms with Crippen molar-refractivity contribution >= 4 is 15.9 Å². The standard InChI is InChI=1S/C26H30N2O5S/c1-19-16-22(14-15-24(19)32-3)34(30,31)28(17-21-10-6-5-7-11-21)18-26(29)27-20(2)23-12-8-9-13-25(23)33-4/h5-16,20H,17-18H2,1-4H3,(H,27,29)/t20-/m1/s1. The predicted molar refractivity (Wildman–Crippen MR) is 131 cm³/mol. The lowest BCUT2D eigenvalue weighted by Crippen LogP contribution is -2.41. The molecular weight excluding hydrogens is 452 g/mol. The fourth-order valence-corrected chi connectivity index (χ4v) is 5.19. The lowest BCUT2D eigenvalue weighted by Gasteiger charge is -2.24. The number of carbonyl (C=O) groups excluding carboxylic acids is 1. The van der Waals surface area contributed by atoms with Gasteiger partial charge >= 0.3 is 0 Å². The molecule has 0 aliphatic heterocycles. The minimum atomic E-state index is -3.96. The Morgan fingerprint density at radius 2 is 1.59 bits per heavy atom. The van der Waals surface area contributed by atoms with Gasteiger partial charge in [-0.1, -0.05) is 48.5 Å². The monoisotopic (exact) mass is 482 g/mol. The van der Waals surface area contributed by atoms with Crippen molar-refractivity contribution in [2.45, 2.75) is 31.3 Å². The third-order valence-electron chi connectivity index (χ3n) is 5.51. The Morgan fingerprint density at radius 3 is 2.24 bits per heavy atom. The lowest BCUT2D eigenvalue weighted by atomic mass is 10.1. The Morgan fingerprint density at radius 1 is 0.941 bits per heavy atom.